The van der Waals surface area contributed by atoms with Crippen molar-refractivity contribution < 1.29 is 47.9 Å². The summed E-state index contributed by atoms with van der Waals surface area (Å²) in [6.07, 6.45) is 0. The number of hydrogen-bond acceptors (Lipinski definition) is 3. The first-order valence-electron chi connectivity index (χ1n) is 3.53. The maximum Gasteiger partial charge on any atom is 0.417 e. The molecule has 0 spiro atoms. The lowest BCUT2D eigenvalue weighted by Gasteiger charge is -2.22. The standard InChI is InChI=1S/C7H13NO4.HI/c1-8(2,3)4-5-12-7(11)6(9)10;/h4-5H2,1-3H3;1H. The number of aliphatic carboxylic acids is 1. The summed E-state index contributed by atoms with van der Waals surface area (Å²) >= 11 is 0. The molecular weight excluding hydrogens is 289 g/mol. The van der Waals surface area contributed by atoms with E-state index >= 15 is 0 Å². The van der Waals surface area contributed by atoms with Gasteiger partial charge >= 0.3 is 11.9 Å². The minimum atomic E-state index is -1.54. The van der Waals surface area contributed by atoms with Gasteiger partial charge in [-0.1, -0.05) is 0 Å². The molecule has 0 aliphatic carbocycles. The van der Waals surface area contributed by atoms with Gasteiger partial charge in [0.05, 0.1) is 21.1 Å². The number of carboxylic acids is 1. The predicted molar refractivity (Wildman–Crippen MR) is 41.5 cm³/mol. The summed E-state index contributed by atoms with van der Waals surface area (Å²) in [5.74, 6) is -2.74. The van der Waals surface area contributed by atoms with Crippen LogP contribution in [-0.4, -0.2) is 55.8 Å². The Labute approximate surface area is 94.3 Å². The van der Waals surface area contributed by atoms with Gasteiger partial charge in [0.15, 0.2) is 0 Å². The van der Waals surface area contributed by atoms with Crippen molar-refractivity contribution in [3.05, 3.63) is 0 Å². The lowest BCUT2D eigenvalue weighted by molar-refractivity contribution is -0.870. The molecule has 0 saturated carbocycles. The molecule has 0 saturated heterocycles. The first-order valence-corrected chi connectivity index (χ1v) is 3.53. The summed E-state index contributed by atoms with van der Waals surface area (Å²) in [6, 6.07) is 0. The maximum atomic E-state index is 10.4. The highest BCUT2D eigenvalue weighted by molar-refractivity contribution is 6.28. The van der Waals surface area contributed by atoms with Crippen LogP contribution in [0.4, 0.5) is 0 Å². The molecule has 1 N–H and O–H groups in total. The van der Waals surface area contributed by atoms with E-state index in [1.165, 1.54) is 0 Å². The third kappa shape index (κ3) is 9.54. The van der Waals surface area contributed by atoms with Gasteiger partial charge < -0.3 is 38.3 Å². The Kier molecular flexibility index (Phi) is 7.14. The molecule has 0 aromatic rings. The Morgan fingerprint density at radius 3 is 2.08 bits per heavy atom. The molecular formula is C7H14INO4. The van der Waals surface area contributed by atoms with E-state index in [2.05, 4.69) is 4.74 Å². The summed E-state index contributed by atoms with van der Waals surface area (Å²) in [5, 5.41) is 8.13. The minimum Gasteiger partial charge on any atom is -1.00 e. The van der Waals surface area contributed by atoms with Gasteiger partial charge in [-0.15, -0.1) is 0 Å². The van der Waals surface area contributed by atoms with E-state index in [0.717, 1.165) is 0 Å². The number of rotatable bonds is 3. The zero-order chi connectivity index (χ0) is 9.78. The molecule has 0 aromatic heterocycles. The first-order chi connectivity index (χ1) is 5.33. The van der Waals surface area contributed by atoms with Crippen molar-refractivity contribution in [2.24, 2.45) is 0 Å². The molecule has 5 nitrogen and oxygen atoms in total. The summed E-state index contributed by atoms with van der Waals surface area (Å²) in [6.45, 7) is 0.730. The predicted octanol–water partition coefficient (Wildman–Crippen LogP) is -3.68. The van der Waals surface area contributed by atoms with E-state index in [4.69, 9.17) is 5.11 Å². The van der Waals surface area contributed by atoms with Crippen molar-refractivity contribution in [1.82, 2.24) is 0 Å². The van der Waals surface area contributed by atoms with Gasteiger partial charge in [-0.25, -0.2) is 9.59 Å². The molecule has 0 aromatic carbocycles. The largest absolute Gasteiger partial charge is 1.00 e. The Hall–Kier alpha value is -0.370. The molecule has 0 fully saturated rings. The fourth-order valence-electron chi connectivity index (χ4n) is 0.474. The van der Waals surface area contributed by atoms with Gasteiger partial charge in [-0.2, -0.15) is 0 Å². The number of carbonyl (C=O) groups excluding carboxylic acids is 1. The molecule has 0 rings (SSSR count). The van der Waals surface area contributed by atoms with Gasteiger partial charge in [0, 0.05) is 0 Å². The van der Waals surface area contributed by atoms with Crippen molar-refractivity contribution in [3.8, 4) is 0 Å². The quantitative estimate of drug-likeness (QED) is 0.252. The average molecular weight is 303 g/mol. The van der Waals surface area contributed by atoms with E-state index in [1.54, 1.807) is 0 Å². The molecule has 0 heterocycles. The maximum absolute atomic E-state index is 10.4. The molecule has 78 valence electrons. The van der Waals surface area contributed by atoms with E-state index in [-0.39, 0.29) is 30.6 Å². The molecule has 13 heavy (non-hydrogen) atoms. The smallest absolute Gasteiger partial charge is 0.417 e. The zero-order valence-corrected chi connectivity index (χ0v) is 10.1. The molecule has 0 atom stereocenters. The van der Waals surface area contributed by atoms with Gasteiger partial charge in [0.1, 0.15) is 13.2 Å². The van der Waals surface area contributed by atoms with Crippen LogP contribution in [0.1, 0.15) is 0 Å². The highest BCUT2D eigenvalue weighted by Crippen LogP contribution is 1.89. The van der Waals surface area contributed by atoms with Crippen molar-refractivity contribution in [2.75, 3.05) is 34.3 Å². The van der Waals surface area contributed by atoms with Crippen molar-refractivity contribution in [3.63, 3.8) is 0 Å². The topological polar surface area (TPSA) is 63.6 Å². The monoisotopic (exact) mass is 303 g/mol. The van der Waals surface area contributed by atoms with Gasteiger partial charge in [-0.05, 0) is 0 Å². The number of likely N-dealkylation sites (N-methyl/N-ethyl adjacent to an activating group) is 1. The van der Waals surface area contributed by atoms with Crippen LogP contribution < -0.4 is 24.0 Å². The normalized spacial score (nSPS) is 10.1. The SMILES string of the molecule is C[N+](C)(C)CCOC(=O)C(=O)O.[I-]. The Morgan fingerprint density at radius 1 is 1.31 bits per heavy atom. The number of ether oxygens (including phenoxy) is 1. The Morgan fingerprint density at radius 2 is 1.77 bits per heavy atom. The highest BCUT2D eigenvalue weighted by atomic mass is 127. The van der Waals surface area contributed by atoms with Crippen LogP contribution in [0.25, 0.3) is 0 Å². The summed E-state index contributed by atoms with van der Waals surface area (Å²) < 4.78 is 5.06. The molecule has 0 radical (unpaired) electrons. The van der Waals surface area contributed by atoms with E-state index in [0.29, 0.717) is 11.0 Å². The van der Waals surface area contributed by atoms with Crippen LogP contribution in [0, 0.1) is 0 Å². The summed E-state index contributed by atoms with van der Waals surface area (Å²) in [7, 11) is 5.78. The third-order valence-electron chi connectivity index (χ3n) is 1.17. The lowest BCUT2D eigenvalue weighted by Crippen LogP contribution is -3.00. The Balaban J connectivity index is 0. The number of carboxylic acid groups (broad SMARTS) is 1. The fourth-order valence-corrected chi connectivity index (χ4v) is 0.474. The molecule has 0 aliphatic heterocycles. The van der Waals surface area contributed by atoms with Crippen LogP contribution in [0.2, 0.25) is 0 Å². The van der Waals surface area contributed by atoms with Crippen LogP contribution in [0.3, 0.4) is 0 Å². The number of esters is 1. The fraction of sp³-hybridized carbons (Fsp3) is 0.714. The minimum absolute atomic E-state index is 0. The van der Waals surface area contributed by atoms with Crippen molar-refractivity contribution >= 4 is 11.9 Å². The van der Waals surface area contributed by atoms with Crippen molar-refractivity contribution in [1.29, 1.82) is 0 Å². The molecule has 6 heteroatoms. The van der Waals surface area contributed by atoms with Gasteiger partial charge in [0.25, 0.3) is 0 Å². The highest BCUT2D eigenvalue weighted by Gasteiger charge is 2.14. The molecule has 0 bridgehead atoms. The third-order valence-corrected chi connectivity index (χ3v) is 1.17. The number of quaternary nitrogens is 1. The number of halogens is 1. The van der Waals surface area contributed by atoms with E-state index < -0.39 is 11.9 Å². The first kappa shape index (κ1) is 15.1. The second kappa shape index (κ2) is 6.14. The van der Waals surface area contributed by atoms with Crippen LogP contribution in [0.5, 0.6) is 0 Å². The average Bonchev–Trinajstić information content (AvgIpc) is 1.84. The Bertz CT molecular complexity index is 187. The summed E-state index contributed by atoms with van der Waals surface area (Å²) in [5.41, 5.74) is 0. The van der Waals surface area contributed by atoms with Gasteiger partial charge in [0.2, 0.25) is 0 Å². The molecule has 0 aliphatic rings. The van der Waals surface area contributed by atoms with E-state index in [9.17, 15) is 9.59 Å². The molecule has 0 unspecified atom stereocenters. The number of carbonyl (C=O) groups is 2. The lowest BCUT2D eigenvalue weighted by atomic mass is 10.5. The number of nitrogens with zero attached hydrogens (tertiary/aromatic N) is 1. The second-order valence-electron chi connectivity index (χ2n) is 3.46. The van der Waals surface area contributed by atoms with Crippen LogP contribution >= 0.6 is 0 Å². The molecule has 0 amide bonds. The second-order valence-corrected chi connectivity index (χ2v) is 3.46. The van der Waals surface area contributed by atoms with Crippen molar-refractivity contribution in [2.45, 2.75) is 0 Å². The summed E-state index contributed by atoms with van der Waals surface area (Å²) in [4.78, 5) is 20.4. The van der Waals surface area contributed by atoms with Crippen LogP contribution in [0.15, 0.2) is 0 Å². The van der Waals surface area contributed by atoms with Gasteiger partial charge in [-0.3, -0.25) is 0 Å². The van der Waals surface area contributed by atoms with Crippen LogP contribution in [-0.2, 0) is 14.3 Å². The van der Waals surface area contributed by atoms with E-state index in [1.807, 2.05) is 21.1 Å². The number of hydrogen-bond donors (Lipinski definition) is 1. The zero-order valence-electron chi connectivity index (χ0n) is 7.91.